The molecule has 0 saturated carbocycles. The molecular weight excluding hydrogens is 445 g/mol. The lowest BCUT2D eigenvalue weighted by Gasteiger charge is -2.16. The van der Waals surface area contributed by atoms with E-state index >= 15 is 0 Å². The topological polar surface area (TPSA) is 12.2 Å². The van der Waals surface area contributed by atoms with Gasteiger partial charge in [0.1, 0.15) is 7.05 Å². The molecule has 1 heterocycles. The molecule has 0 unspecified atom stereocenters. The third kappa shape index (κ3) is 3.75. The standard InChI is InChI=1S/C24H26NO.HI/c1-16-12-17(2)14-19(13-16)22-20-9-7-6-8-18(20)10-11-21(22)23-25(5)15-24(3,4)26-23;/h6-14H,15H2,1-5H3;1H/q+1;. The lowest BCUT2D eigenvalue weighted by atomic mass is 9.91. The van der Waals surface area contributed by atoms with E-state index in [1.165, 1.54) is 38.6 Å². The normalized spacial score (nSPS) is 15.6. The Morgan fingerprint density at radius 2 is 1.59 bits per heavy atom. The summed E-state index contributed by atoms with van der Waals surface area (Å²) in [6.07, 6.45) is 0. The molecule has 0 spiro atoms. The zero-order valence-corrected chi connectivity index (χ0v) is 19.0. The third-order valence-corrected chi connectivity index (χ3v) is 5.01. The van der Waals surface area contributed by atoms with Gasteiger partial charge in [-0.2, -0.15) is 4.58 Å². The number of halogens is 1. The fourth-order valence-electron chi connectivity index (χ4n) is 4.16. The number of hydrogen-bond donors (Lipinski definition) is 0. The minimum absolute atomic E-state index is 0. The van der Waals surface area contributed by atoms with Gasteiger partial charge in [0.15, 0.2) is 12.1 Å². The van der Waals surface area contributed by atoms with E-state index in [-0.39, 0.29) is 29.6 Å². The minimum atomic E-state index is -0.171. The van der Waals surface area contributed by atoms with Crippen molar-refractivity contribution in [2.45, 2.75) is 33.3 Å². The lowest BCUT2D eigenvalue weighted by molar-refractivity contribution is -0.493. The second-order valence-electron chi connectivity index (χ2n) is 8.11. The SMILES string of the molecule is Cc1cc(C)cc(-c2c(C3=[N+](C)CC(C)(C)O3)ccc3ccccc23)c1.I. The van der Waals surface area contributed by atoms with Gasteiger partial charge in [-0.25, -0.2) is 0 Å². The van der Waals surface area contributed by atoms with Gasteiger partial charge in [-0.1, -0.05) is 59.7 Å². The molecule has 27 heavy (non-hydrogen) atoms. The van der Waals surface area contributed by atoms with E-state index in [0.29, 0.717) is 0 Å². The fourth-order valence-corrected chi connectivity index (χ4v) is 4.16. The molecule has 4 rings (SSSR count). The van der Waals surface area contributed by atoms with Crippen LogP contribution in [0.25, 0.3) is 21.9 Å². The molecular formula is C24H27INO+. The van der Waals surface area contributed by atoms with E-state index in [1.807, 2.05) is 0 Å². The fraction of sp³-hybridized carbons (Fsp3) is 0.292. The molecule has 0 amide bonds. The molecule has 0 aromatic heterocycles. The summed E-state index contributed by atoms with van der Waals surface area (Å²) in [6, 6.07) is 19.8. The summed E-state index contributed by atoms with van der Waals surface area (Å²) >= 11 is 0. The predicted molar refractivity (Wildman–Crippen MR) is 125 cm³/mol. The zero-order valence-electron chi connectivity index (χ0n) is 16.7. The van der Waals surface area contributed by atoms with Crippen LogP contribution in [0.1, 0.15) is 30.5 Å². The summed E-state index contributed by atoms with van der Waals surface area (Å²) in [7, 11) is 2.12. The first-order valence-corrected chi connectivity index (χ1v) is 9.22. The molecule has 3 aromatic carbocycles. The number of aryl methyl sites for hydroxylation is 2. The van der Waals surface area contributed by atoms with Crippen molar-refractivity contribution in [2.24, 2.45) is 0 Å². The van der Waals surface area contributed by atoms with Crippen LogP contribution in [0.2, 0.25) is 0 Å². The summed E-state index contributed by atoms with van der Waals surface area (Å²) in [5.41, 5.74) is 6.07. The van der Waals surface area contributed by atoms with Crippen LogP contribution >= 0.6 is 24.0 Å². The molecule has 0 bridgehead atoms. The summed E-state index contributed by atoms with van der Waals surface area (Å²) in [6.45, 7) is 9.51. The highest BCUT2D eigenvalue weighted by Gasteiger charge is 2.39. The number of benzene rings is 3. The molecule has 0 aliphatic carbocycles. The quantitative estimate of drug-likeness (QED) is 0.332. The number of fused-ring (bicyclic) bond motifs is 1. The Bertz CT molecular complexity index is 1030. The van der Waals surface area contributed by atoms with Gasteiger partial charge in [-0.05, 0) is 50.1 Å². The maximum atomic E-state index is 6.36. The van der Waals surface area contributed by atoms with Crippen molar-refractivity contribution < 1.29 is 9.31 Å². The molecule has 3 aromatic rings. The van der Waals surface area contributed by atoms with Gasteiger partial charge < -0.3 is 4.74 Å². The maximum Gasteiger partial charge on any atom is 0.371 e. The van der Waals surface area contributed by atoms with E-state index in [2.05, 4.69) is 93.9 Å². The number of likely N-dealkylation sites (N-methyl/N-ethyl adjacent to an activating group) is 1. The Labute approximate surface area is 178 Å². The van der Waals surface area contributed by atoms with Gasteiger partial charge in [0.2, 0.25) is 0 Å². The largest absolute Gasteiger partial charge is 0.431 e. The van der Waals surface area contributed by atoms with Crippen molar-refractivity contribution in [1.29, 1.82) is 0 Å². The van der Waals surface area contributed by atoms with Crippen LogP contribution in [-0.4, -0.2) is 29.7 Å². The van der Waals surface area contributed by atoms with Crippen molar-refractivity contribution in [3.8, 4) is 11.1 Å². The van der Waals surface area contributed by atoms with E-state index < -0.39 is 0 Å². The Kier molecular flexibility index (Phi) is 5.35. The number of nitrogens with zero attached hydrogens (tertiary/aromatic N) is 1. The Morgan fingerprint density at radius 1 is 0.926 bits per heavy atom. The number of hydrogen-bond acceptors (Lipinski definition) is 1. The highest BCUT2D eigenvalue weighted by molar-refractivity contribution is 14.0. The Hall–Kier alpha value is -1.88. The predicted octanol–water partition coefficient (Wildman–Crippen LogP) is 5.94. The highest BCUT2D eigenvalue weighted by atomic mass is 127. The molecule has 0 radical (unpaired) electrons. The minimum Gasteiger partial charge on any atom is -0.431 e. The van der Waals surface area contributed by atoms with Gasteiger partial charge in [-0.15, -0.1) is 24.0 Å². The first-order valence-electron chi connectivity index (χ1n) is 9.22. The van der Waals surface area contributed by atoms with Crippen LogP contribution < -0.4 is 0 Å². The van der Waals surface area contributed by atoms with E-state index in [9.17, 15) is 0 Å². The summed E-state index contributed by atoms with van der Waals surface area (Å²) in [5, 5.41) is 2.52. The van der Waals surface area contributed by atoms with Crippen LogP contribution in [0.5, 0.6) is 0 Å². The summed E-state index contributed by atoms with van der Waals surface area (Å²) < 4.78 is 8.59. The lowest BCUT2D eigenvalue weighted by Crippen LogP contribution is -2.25. The summed E-state index contributed by atoms with van der Waals surface area (Å²) in [5.74, 6) is 0.968. The van der Waals surface area contributed by atoms with Gasteiger partial charge in [0, 0.05) is 5.56 Å². The third-order valence-electron chi connectivity index (χ3n) is 5.01. The number of ether oxygens (including phenoxy) is 1. The van der Waals surface area contributed by atoms with Crippen molar-refractivity contribution in [1.82, 2.24) is 0 Å². The second kappa shape index (κ2) is 7.27. The zero-order chi connectivity index (χ0) is 18.5. The van der Waals surface area contributed by atoms with Crippen LogP contribution in [-0.2, 0) is 4.74 Å². The Morgan fingerprint density at radius 3 is 2.22 bits per heavy atom. The van der Waals surface area contributed by atoms with Crippen LogP contribution in [0, 0.1) is 13.8 Å². The van der Waals surface area contributed by atoms with Crippen molar-refractivity contribution in [3.05, 3.63) is 71.3 Å². The van der Waals surface area contributed by atoms with Crippen molar-refractivity contribution in [2.75, 3.05) is 13.6 Å². The average Bonchev–Trinajstić information content (AvgIpc) is 2.85. The first-order chi connectivity index (χ1) is 12.3. The van der Waals surface area contributed by atoms with Crippen LogP contribution in [0.4, 0.5) is 0 Å². The smallest absolute Gasteiger partial charge is 0.371 e. The highest BCUT2D eigenvalue weighted by Crippen LogP contribution is 2.35. The average molecular weight is 472 g/mol. The summed E-state index contributed by atoms with van der Waals surface area (Å²) in [4.78, 5) is 0. The van der Waals surface area contributed by atoms with E-state index in [1.54, 1.807) is 0 Å². The number of rotatable bonds is 2. The van der Waals surface area contributed by atoms with Crippen LogP contribution in [0.15, 0.2) is 54.6 Å². The van der Waals surface area contributed by atoms with Crippen molar-refractivity contribution in [3.63, 3.8) is 0 Å². The molecule has 0 atom stereocenters. The van der Waals surface area contributed by atoms with Crippen molar-refractivity contribution >= 4 is 40.6 Å². The van der Waals surface area contributed by atoms with Gasteiger partial charge >= 0.3 is 5.90 Å². The second-order valence-corrected chi connectivity index (χ2v) is 8.11. The van der Waals surface area contributed by atoms with Gasteiger partial charge in [0.05, 0.1) is 5.56 Å². The maximum absolute atomic E-state index is 6.36. The molecule has 0 N–H and O–H groups in total. The van der Waals surface area contributed by atoms with Gasteiger partial charge in [0.25, 0.3) is 0 Å². The Balaban J connectivity index is 0.00000210. The van der Waals surface area contributed by atoms with E-state index in [0.717, 1.165) is 12.4 Å². The monoisotopic (exact) mass is 472 g/mol. The molecule has 0 fully saturated rings. The van der Waals surface area contributed by atoms with Gasteiger partial charge in [-0.3, -0.25) is 0 Å². The molecule has 1 aliphatic heterocycles. The molecule has 2 nitrogen and oxygen atoms in total. The molecule has 3 heteroatoms. The van der Waals surface area contributed by atoms with E-state index in [4.69, 9.17) is 4.74 Å². The first kappa shape index (κ1) is 19.9. The molecule has 0 saturated heterocycles. The van der Waals surface area contributed by atoms with Crippen LogP contribution in [0.3, 0.4) is 0 Å². The molecule has 140 valence electrons. The molecule has 1 aliphatic rings.